The van der Waals surface area contributed by atoms with Gasteiger partial charge >= 0.3 is 13.8 Å². The summed E-state index contributed by atoms with van der Waals surface area (Å²) in [4.78, 5) is 21.7. The van der Waals surface area contributed by atoms with Crippen LogP contribution in [0.5, 0.6) is 0 Å². The molecule has 0 fully saturated rings. The van der Waals surface area contributed by atoms with Gasteiger partial charge in [0.25, 0.3) is 0 Å². The van der Waals surface area contributed by atoms with Gasteiger partial charge in [-0.25, -0.2) is 4.57 Å². The van der Waals surface area contributed by atoms with Crippen molar-refractivity contribution in [3.05, 3.63) is 0 Å². The van der Waals surface area contributed by atoms with Crippen LogP contribution < -0.4 is 0 Å². The predicted molar refractivity (Wildman–Crippen MR) is 132 cm³/mol. The largest absolute Gasteiger partial charge is 0.472 e. The monoisotopic (exact) mass is 496 g/mol. The third-order valence-corrected chi connectivity index (χ3v) is 6.49. The van der Waals surface area contributed by atoms with Crippen LogP contribution in [0.1, 0.15) is 96.8 Å². The zero-order chi connectivity index (χ0) is 25.0. The highest BCUT2D eigenvalue weighted by atomic mass is 31.2. The van der Waals surface area contributed by atoms with Crippen molar-refractivity contribution in [2.75, 3.05) is 47.5 Å². The number of hydrogen-bond acceptors (Lipinski definition) is 6. The highest BCUT2D eigenvalue weighted by Crippen LogP contribution is 2.44. The van der Waals surface area contributed by atoms with Crippen molar-refractivity contribution in [1.82, 2.24) is 0 Å². The smallest absolute Gasteiger partial charge is 0.463 e. The van der Waals surface area contributed by atoms with E-state index in [1.807, 2.05) is 21.1 Å². The van der Waals surface area contributed by atoms with Crippen molar-refractivity contribution < 1.29 is 37.6 Å². The molecular formula is C24H51NO7P+. The first-order valence-electron chi connectivity index (χ1n) is 12.8. The Kier molecular flexibility index (Phi) is 19.5. The molecule has 2 N–H and O–H groups in total. The molecule has 0 aliphatic carbocycles. The molecule has 0 rings (SSSR count). The Morgan fingerprint density at radius 1 is 0.879 bits per heavy atom. The van der Waals surface area contributed by atoms with Gasteiger partial charge in [-0.3, -0.25) is 13.8 Å². The van der Waals surface area contributed by atoms with Crippen LogP contribution in [0.2, 0.25) is 0 Å². The maximum absolute atomic E-state index is 12.0. The lowest BCUT2D eigenvalue weighted by atomic mass is 10.0. The molecule has 0 aromatic carbocycles. The number of ether oxygens (including phenoxy) is 1. The number of likely N-dealkylation sites (N-methyl/N-ethyl adjacent to an activating group) is 1. The van der Waals surface area contributed by atoms with Crippen LogP contribution in [0, 0.1) is 0 Å². The van der Waals surface area contributed by atoms with Crippen LogP contribution in [-0.2, 0) is 23.1 Å². The molecule has 2 unspecified atom stereocenters. The van der Waals surface area contributed by atoms with Crippen LogP contribution >= 0.6 is 7.82 Å². The van der Waals surface area contributed by atoms with Crippen LogP contribution in [0.4, 0.5) is 0 Å². The van der Waals surface area contributed by atoms with Crippen molar-refractivity contribution in [2.45, 2.75) is 103 Å². The van der Waals surface area contributed by atoms with Crippen molar-refractivity contribution in [2.24, 2.45) is 0 Å². The van der Waals surface area contributed by atoms with Crippen molar-refractivity contribution in [3.63, 3.8) is 0 Å². The predicted octanol–water partition coefficient (Wildman–Crippen LogP) is 5.21. The second-order valence-corrected chi connectivity index (χ2v) is 11.3. The lowest BCUT2D eigenvalue weighted by molar-refractivity contribution is -0.870. The molecule has 0 saturated heterocycles. The number of nitrogens with zero attached hydrogens (tertiary/aromatic N) is 1. The molecule has 0 aliphatic heterocycles. The number of aliphatic hydroxyl groups is 1. The van der Waals surface area contributed by atoms with Gasteiger partial charge in [-0.2, -0.15) is 0 Å². The second kappa shape index (κ2) is 19.8. The Morgan fingerprint density at radius 2 is 1.36 bits per heavy atom. The fourth-order valence-electron chi connectivity index (χ4n) is 3.31. The zero-order valence-corrected chi connectivity index (χ0v) is 22.5. The Balaban J connectivity index is 3.73. The number of carbonyl (C=O) groups is 1. The maximum atomic E-state index is 12.0. The minimum atomic E-state index is -4.32. The number of phosphoric ester groups is 1. The number of unbranched alkanes of at least 4 members (excludes halogenated alkanes) is 12. The van der Waals surface area contributed by atoms with Crippen LogP contribution in [0.15, 0.2) is 0 Å². The minimum absolute atomic E-state index is 0.0360. The zero-order valence-electron chi connectivity index (χ0n) is 21.6. The Labute approximate surface area is 202 Å². The molecule has 2 atom stereocenters. The molecule has 0 aromatic heterocycles. The molecule has 0 aliphatic rings. The number of esters is 1. The fraction of sp³-hybridized carbons (Fsp3) is 0.958. The van der Waals surface area contributed by atoms with Gasteiger partial charge in [-0.15, -0.1) is 0 Å². The van der Waals surface area contributed by atoms with E-state index in [9.17, 15) is 19.4 Å². The van der Waals surface area contributed by atoms with Crippen molar-refractivity contribution in [1.29, 1.82) is 0 Å². The second-order valence-electron chi connectivity index (χ2n) is 9.90. The lowest BCUT2D eigenvalue weighted by Gasteiger charge is -2.24. The molecule has 9 heteroatoms. The first kappa shape index (κ1) is 32.5. The first-order chi connectivity index (χ1) is 15.6. The Hall–Kier alpha value is -0.500. The van der Waals surface area contributed by atoms with E-state index in [1.54, 1.807) is 0 Å². The minimum Gasteiger partial charge on any atom is -0.463 e. The summed E-state index contributed by atoms with van der Waals surface area (Å²) < 4.78 is 27.5. The third kappa shape index (κ3) is 23.0. The van der Waals surface area contributed by atoms with E-state index >= 15 is 0 Å². The third-order valence-electron chi connectivity index (χ3n) is 5.42. The summed E-state index contributed by atoms with van der Waals surface area (Å²) in [6, 6.07) is 0. The summed E-state index contributed by atoms with van der Waals surface area (Å²) >= 11 is 0. The molecule has 33 heavy (non-hydrogen) atoms. The van der Waals surface area contributed by atoms with Gasteiger partial charge in [0.05, 0.1) is 27.7 Å². The summed E-state index contributed by atoms with van der Waals surface area (Å²) in [5.41, 5.74) is 0. The highest BCUT2D eigenvalue weighted by Gasteiger charge is 2.28. The van der Waals surface area contributed by atoms with E-state index in [2.05, 4.69) is 6.92 Å². The van der Waals surface area contributed by atoms with E-state index in [-0.39, 0.29) is 19.2 Å². The molecule has 0 bridgehead atoms. The molecule has 0 spiro atoms. The highest BCUT2D eigenvalue weighted by molar-refractivity contribution is 7.47. The summed E-state index contributed by atoms with van der Waals surface area (Å²) in [5, 5.41) is 9.35. The van der Waals surface area contributed by atoms with Crippen molar-refractivity contribution >= 4 is 13.8 Å². The van der Waals surface area contributed by atoms with E-state index in [4.69, 9.17) is 13.8 Å². The normalized spacial score (nSPS) is 14.7. The molecule has 198 valence electrons. The summed E-state index contributed by atoms with van der Waals surface area (Å²) in [7, 11) is 1.47. The molecule has 0 radical (unpaired) electrons. The van der Waals surface area contributed by atoms with Gasteiger partial charge in [0.15, 0.2) is 0 Å². The topological polar surface area (TPSA) is 102 Å². The SMILES string of the molecule is CCCCCCCCCCCCCCCC(=O)OCC(CO)OP(=O)(O)OCC[N+](C)(C)C. The molecule has 0 amide bonds. The summed E-state index contributed by atoms with van der Waals surface area (Å²) in [6.07, 6.45) is 15.3. The maximum Gasteiger partial charge on any atom is 0.472 e. The molecular weight excluding hydrogens is 445 g/mol. The fourth-order valence-corrected chi connectivity index (χ4v) is 4.19. The number of carbonyl (C=O) groups excluding carboxylic acids is 1. The van der Waals surface area contributed by atoms with Gasteiger partial charge in [0.2, 0.25) is 0 Å². The van der Waals surface area contributed by atoms with Gasteiger partial charge in [0.1, 0.15) is 25.9 Å². The van der Waals surface area contributed by atoms with Gasteiger partial charge in [-0.1, -0.05) is 84.0 Å². The van der Waals surface area contributed by atoms with Crippen LogP contribution in [-0.4, -0.2) is 74.1 Å². The molecule has 8 nitrogen and oxygen atoms in total. The van der Waals surface area contributed by atoms with Crippen LogP contribution in [0.25, 0.3) is 0 Å². The van der Waals surface area contributed by atoms with E-state index < -0.39 is 20.5 Å². The van der Waals surface area contributed by atoms with E-state index in [0.717, 1.165) is 19.3 Å². The molecule has 0 heterocycles. The average molecular weight is 497 g/mol. The standard InChI is InChI=1S/C24H50NO7P/c1-5-6-7-8-9-10-11-12-13-14-15-16-17-18-24(27)30-22-23(21-26)32-33(28,29)31-20-19-25(2,3)4/h23,26H,5-22H2,1-4H3/p+1. The van der Waals surface area contributed by atoms with Crippen LogP contribution in [0.3, 0.4) is 0 Å². The Bertz CT molecular complexity index is 525. The number of aliphatic hydroxyl groups excluding tert-OH is 1. The number of quaternary nitrogens is 1. The van der Waals surface area contributed by atoms with Gasteiger partial charge in [-0.05, 0) is 6.42 Å². The van der Waals surface area contributed by atoms with E-state index in [1.165, 1.54) is 64.2 Å². The van der Waals surface area contributed by atoms with Gasteiger partial charge in [0, 0.05) is 6.42 Å². The summed E-state index contributed by atoms with van der Waals surface area (Å²) in [5.74, 6) is -0.390. The first-order valence-corrected chi connectivity index (χ1v) is 14.3. The quantitative estimate of drug-likeness (QED) is 0.0866. The lowest BCUT2D eigenvalue weighted by Crippen LogP contribution is -2.37. The van der Waals surface area contributed by atoms with E-state index in [0.29, 0.717) is 17.4 Å². The van der Waals surface area contributed by atoms with Crippen molar-refractivity contribution in [3.8, 4) is 0 Å². The van der Waals surface area contributed by atoms with Gasteiger partial charge < -0.3 is 19.2 Å². The number of hydrogen-bond donors (Lipinski definition) is 2. The average Bonchev–Trinajstić information content (AvgIpc) is 2.73. The summed E-state index contributed by atoms with van der Waals surface area (Å²) in [6.45, 7) is 1.97. The molecule has 0 saturated carbocycles. The number of rotatable bonds is 23. The Morgan fingerprint density at radius 3 is 1.82 bits per heavy atom. The molecule has 0 aromatic rings. The number of phosphoric acid groups is 1.